The Hall–Kier alpha value is -5.66. The van der Waals surface area contributed by atoms with Crippen LogP contribution < -0.4 is 20.7 Å². The molecule has 29 nitrogen and oxygen atoms in total. The zero-order valence-electron chi connectivity index (χ0n) is 52.0. The van der Waals surface area contributed by atoms with Gasteiger partial charge in [-0.1, -0.05) is 64.0 Å². The van der Waals surface area contributed by atoms with Crippen molar-refractivity contribution in [2.75, 3.05) is 49.2 Å². The van der Waals surface area contributed by atoms with Gasteiger partial charge in [0.15, 0.2) is 23.4 Å². The summed E-state index contributed by atoms with van der Waals surface area (Å²) in [5.41, 5.74) is 11.3. The number of fused-ring (bicyclic) bond motifs is 4. The molecule has 1 fully saturated rings. The summed E-state index contributed by atoms with van der Waals surface area (Å²) < 4.78 is 141. The van der Waals surface area contributed by atoms with Crippen LogP contribution in [0.5, 0.6) is 5.75 Å². The van der Waals surface area contributed by atoms with Crippen molar-refractivity contribution in [3.8, 4) is 5.75 Å². The van der Waals surface area contributed by atoms with Crippen LogP contribution in [0, 0.1) is 5.41 Å². The number of aliphatic hydroxyl groups is 2. The molecule has 8 rings (SSSR count). The predicted molar refractivity (Wildman–Crippen MR) is 339 cm³/mol. The van der Waals surface area contributed by atoms with Crippen molar-refractivity contribution in [2.45, 2.75) is 147 Å². The minimum Gasteiger partial charge on any atom is -0.748 e. The molecule has 0 saturated carbocycles. The predicted octanol–water partition coefficient (Wildman–Crippen LogP) is 8.02. The molecule has 1 amide bonds. The van der Waals surface area contributed by atoms with Crippen molar-refractivity contribution in [2.24, 2.45) is 5.41 Å². The summed E-state index contributed by atoms with van der Waals surface area (Å²) in [5.74, 6) is 0.556. The standard InChI is InChI=1S/C58H79N8O21P3S2/c1-9-66-44-32-45-41(31-40(44)37(2)33-57(66,6)7)38(29-48(84-45)56(3,4)5)19-13-12-14-20-47-58(8,42-30-39(92(79,80)81)22-23-43(42)64(47)26-18-28-91(76,77)78)24-17-21-49(67)60-25-15-10-11-16-27-82-88(70,71)86-90(74,75)87-89(72,73)83-34-46-51(68)52(69)55(85-46)65-36-63-50-53(59)61-35-62-54(50)65/h12-14,19-20,22-23,29-33,35-36,46,51-52,55,68-69H,9-11,15-18,21,24-28,34H2,1-8H3,(H7-,59,60,61,62,67,70,71,72,73,74,75,76,77,78,79,80,81)/t46-,51-,52-,55-,58?/m1/s1. The Kier molecular flexibility index (Phi) is 22.2. The van der Waals surface area contributed by atoms with Crippen LogP contribution in [-0.2, 0) is 66.5 Å². The van der Waals surface area contributed by atoms with Gasteiger partial charge in [-0.3, -0.25) is 23.0 Å². The molecule has 2 aromatic heterocycles. The van der Waals surface area contributed by atoms with Crippen LogP contribution in [0.4, 0.5) is 17.2 Å². The zero-order valence-corrected chi connectivity index (χ0v) is 56.3. The van der Waals surface area contributed by atoms with E-state index >= 15 is 0 Å². The van der Waals surface area contributed by atoms with Gasteiger partial charge in [0.25, 0.3) is 10.1 Å². The van der Waals surface area contributed by atoms with Gasteiger partial charge in [0.1, 0.15) is 48.2 Å². The van der Waals surface area contributed by atoms with Gasteiger partial charge in [-0.15, -0.1) is 0 Å². The van der Waals surface area contributed by atoms with E-state index in [2.05, 4.69) is 105 Å². The second-order valence-corrected chi connectivity index (χ2v) is 32.0. The highest BCUT2D eigenvalue weighted by Crippen LogP contribution is 2.68. The molecule has 6 heterocycles. The van der Waals surface area contributed by atoms with E-state index < -0.39 is 92.6 Å². The third kappa shape index (κ3) is 17.4. The molecule has 34 heteroatoms. The Labute approximate surface area is 533 Å². The van der Waals surface area contributed by atoms with Crippen molar-refractivity contribution in [1.82, 2.24) is 24.8 Å². The number of carbonyl (C=O) groups excluding carboxylic acids is 1. The lowest BCUT2D eigenvalue weighted by molar-refractivity contribution is -0.437. The number of rotatable bonds is 29. The fourth-order valence-electron chi connectivity index (χ4n) is 11.7. The smallest absolute Gasteiger partial charge is 0.490 e. The molecule has 0 radical (unpaired) electrons. The molecule has 0 aliphatic carbocycles. The number of benzene rings is 2. The molecular weight excluding hydrogens is 1300 g/mol. The number of phosphoric ester groups is 2. The van der Waals surface area contributed by atoms with Crippen molar-refractivity contribution in [3.63, 3.8) is 0 Å². The normalized spacial score (nSPS) is 23.2. The first-order valence-electron chi connectivity index (χ1n) is 29.6. The number of nitrogens with two attached hydrogens (primary N) is 1. The third-order valence-electron chi connectivity index (χ3n) is 16.0. The van der Waals surface area contributed by atoms with Gasteiger partial charge in [0, 0.05) is 77.7 Å². The SMILES string of the molecule is CCN1c2cc3c(cc2C(C)=CC1(C)C)C(=CC=CC=CC1=[N+](CCCS(=O)(=O)[O-])c2ccc(S(=O)(=O)O)cc2C1(C)CCCC(=O)NCCCCCCOP(=O)(O)OP(=O)(O)OP(=O)(O)OC[C@H]1O[C@@H](n2cnc4c(N)ncnc42)[C@H](O)[C@@H]1O)C=C(C(C)(C)C)O3. The number of aromatic nitrogens is 4. The van der Waals surface area contributed by atoms with Gasteiger partial charge in [-0.25, -0.2) is 37.1 Å². The molecule has 4 aliphatic heterocycles. The van der Waals surface area contributed by atoms with Crippen LogP contribution in [0.2, 0.25) is 0 Å². The average molecular weight is 1380 g/mol. The number of allylic oxidation sites excluding steroid dienone is 9. The highest BCUT2D eigenvalue weighted by atomic mass is 32.2. The summed E-state index contributed by atoms with van der Waals surface area (Å²) in [6, 6.07) is 8.38. The topological polar surface area (TPSA) is 424 Å². The Morgan fingerprint density at radius 1 is 0.902 bits per heavy atom. The number of amides is 1. The summed E-state index contributed by atoms with van der Waals surface area (Å²) in [6.07, 6.45) is 11.6. The van der Waals surface area contributed by atoms with Crippen LogP contribution in [0.25, 0.3) is 22.3 Å². The number of carbonyl (C=O) groups is 1. The Bertz CT molecular complexity index is 4050. The quantitative estimate of drug-likeness (QED) is 0.00838. The van der Waals surface area contributed by atoms with Gasteiger partial charge < -0.3 is 54.9 Å². The number of anilines is 2. The first kappa shape index (κ1) is 72.2. The van der Waals surface area contributed by atoms with Crippen molar-refractivity contribution >= 4 is 94.8 Å². The minimum atomic E-state index is -5.86. The van der Waals surface area contributed by atoms with E-state index in [-0.39, 0.29) is 83.9 Å². The summed E-state index contributed by atoms with van der Waals surface area (Å²) in [6.45, 7) is 16.3. The molecule has 4 unspecified atom stereocenters. The molecule has 2 aromatic carbocycles. The number of hydrogen-bond donors (Lipinski definition) is 8. The number of nitrogens with zero attached hydrogens (tertiary/aromatic N) is 6. The van der Waals surface area contributed by atoms with E-state index in [9.17, 15) is 69.3 Å². The summed E-state index contributed by atoms with van der Waals surface area (Å²) in [4.78, 5) is 57.5. The molecule has 1 saturated heterocycles. The molecule has 0 spiro atoms. The van der Waals surface area contributed by atoms with Gasteiger partial charge in [-0.05, 0) is 95.7 Å². The van der Waals surface area contributed by atoms with E-state index in [0.717, 1.165) is 52.3 Å². The van der Waals surface area contributed by atoms with Crippen LogP contribution in [0.15, 0.2) is 96.2 Å². The molecular formula is C58H79N8O21P3S2. The minimum absolute atomic E-state index is 0.0135. The Morgan fingerprint density at radius 2 is 1.61 bits per heavy atom. The highest BCUT2D eigenvalue weighted by Gasteiger charge is 2.49. The zero-order chi connectivity index (χ0) is 67.6. The molecule has 4 aliphatic rings. The molecule has 9 N–H and O–H groups in total. The van der Waals surface area contributed by atoms with Crippen LogP contribution >= 0.6 is 23.5 Å². The summed E-state index contributed by atoms with van der Waals surface area (Å²) >= 11 is 0. The first-order chi connectivity index (χ1) is 42.8. The third-order valence-corrected chi connectivity index (χ3v) is 22.0. The fraction of sp³-hybridized carbons (Fsp3) is 0.500. The van der Waals surface area contributed by atoms with E-state index in [0.29, 0.717) is 36.2 Å². The molecule has 92 heavy (non-hydrogen) atoms. The van der Waals surface area contributed by atoms with Gasteiger partial charge in [0.05, 0.1) is 45.5 Å². The number of aliphatic hydroxyl groups excluding tert-OH is 2. The lowest BCUT2D eigenvalue weighted by Crippen LogP contribution is -2.45. The van der Waals surface area contributed by atoms with Crippen molar-refractivity contribution in [1.29, 1.82) is 0 Å². The number of imidazole rings is 1. The Balaban J connectivity index is 0.846. The maximum absolute atomic E-state index is 13.3. The fourth-order valence-corrected chi connectivity index (χ4v) is 16.2. The number of nitrogens with one attached hydrogen (secondary N) is 1. The maximum atomic E-state index is 13.3. The molecule has 8 atom stereocenters. The monoisotopic (exact) mass is 1380 g/mol. The largest absolute Gasteiger partial charge is 0.748 e. The molecule has 4 aromatic rings. The van der Waals surface area contributed by atoms with Crippen LogP contribution in [0.1, 0.15) is 130 Å². The lowest BCUT2D eigenvalue weighted by atomic mass is 9.75. The van der Waals surface area contributed by atoms with Crippen LogP contribution in [0.3, 0.4) is 0 Å². The van der Waals surface area contributed by atoms with E-state index in [1.165, 1.54) is 29.1 Å². The van der Waals surface area contributed by atoms with Gasteiger partial charge in [0.2, 0.25) is 11.6 Å². The van der Waals surface area contributed by atoms with Crippen molar-refractivity contribution in [3.05, 3.63) is 108 Å². The second-order valence-electron chi connectivity index (χ2n) is 24.4. The summed E-state index contributed by atoms with van der Waals surface area (Å²) in [5, 5.41) is 24.0. The van der Waals surface area contributed by atoms with Crippen molar-refractivity contribution < 1.29 is 101 Å². The highest BCUT2D eigenvalue weighted by molar-refractivity contribution is 7.86. The van der Waals surface area contributed by atoms with Gasteiger partial charge in [-0.2, -0.15) is 21.6 Å². The van der Waals surface area contributed by atoms with E-state index in [4.69, 9.17) is 19.7 Å². The van der Waals surface area contributed by atoms with E-state index in [1.54, 1.807) is 6.08 Å². The van der Waals surface area contributed by atoms with Gasteiger partial charge >= 0.3 is 23.5 Å². The van der Waals surface area contributed by atoms with E-state index in [1.807, 2.05) is 41.9 Å². The average Bonchev–Trinajstić information content (AvgIpc) is 1.40. The number of unbranched alkanes of at least 4 members (excludes halogenated alkanes) is 3. The number of likely N-dealkylation sites (N-methyl/N-ethyl adjacent to an activating group) is 1. The molecule has 504 valence electrons. The maximum Gasteiger partial charge on any atom is 0.490 e. The lowest BCUT2D eigenvalue weighted by Gasteiger charge is -2.43. The number of nitrogen functional groups attached to an aromatic ring is 1. The number of phosphoric acid groups is 3. The Morgan fingerprint density at radius 3 is 2.29 bits per heavy atom. The van der Waals surface area contributed by atoms with Crippen LogP contribution in [-0.4, -0.2) is 149 Å². The second kappa shape index (κ2) is 28.3. The number of hydrogen-bond acceptors (Lipinski definition) is 22. The number of ether oxygens (including phenoxy) is 2. The molecule has 0 bridgehead atoms. The summed E-state index contributed by atoms with van der Waals surface area (Å²) in [7, 11) is -26.2. The first-order valence-corrected chi connectivity index (χ1v) is 37.1.